The zero-order chi connectivity index (χ0) is 13.1. The van der Waals surface area contributed by atoms with Crippen LogP contribution in [0, 0.1) is 5.92 Å². The summed E-state index contributed by atoms with van der Waals surface area (Å²) in [7, 11) is 0. The van der Waals surface area contributed by atoms with Crippen molar-refractivity contribution in [1.29, 1.82) is 0 Å². The molecule has 2 atom stereocenters. The number of rotatable bonds is 4. The first-order valence-corrected chi connectivity index (χ1v) is 7.63. The van der Waals surface area contributed by atoms with Crippen LogP contribution in [-0.4, -0.2) is 34.2 Å². The zero-order valence-corrected chi connectivity index (χ0v) is 11.5. The molecule has 2 unspecified atom stereocenters. The van der Waals surface area contributed by atoms with E-state index in [1.54, 1.807) is 0 Å². The SMILES string of the molecule is OC(Cc1ccn(C2CCCCC2)n1)C1CCOC1. The van der Waals surface area contributed by atoms with Gasteiger partial charge in [-0.25, -0.2) is 0 Å². The van der Waals surface area contributed by atoms with Gasteiger partial charge in [0.05, 0.1) is 24.4 Å². The average molecular weight is 264 g/mol. The van der Waals surface area contributed by atoms with Gasteiger partial charge in [0.25, 0.3) is 0 Å². The van der Waals surface area contributed by atoms with Crippen LogP contribution in [-0.2, 0) is 11.2 Å². The van der Waals surface area contributed by atoms with Gasteiger partial charge in [0.1, 0.15) is 0 Å². The zero-order valence-electron chi connectivity index (χ0n) is 11.5. The highest BCUT2D eigenvalue weighted by Gasteiger charge is 2.25. The molecule has 1 saturated carbocycles. The van der Waals surface area contributed by atoms with Crippen LogP contribution >= 0.6 is 0 Å². The van der Waals surface area contributed by atoms with E-state index in [0.717, 1.165) is 18.7 Å². The van der Waals surface area contributed by atoms with Crippen LogP contribution in [0.15, 0.2) is 12.3 Å². The molecule has 1 aliphatic carbocycles. The quantitative estimate of drug-likeness (QED) is 0.908. The Morgan fingerprint density at radius 2 is 2.16 bits per heavy atom. The van der Waals surface area contributed by atoms with Crippen molar-refractivity contribution in [3.05, 3.63) is 18.0 Å². The van der Waals surface area contributed by atoms with Crippen molar-refractivity contribution in [2.24, 2.45) is 5.92 Å². The van der Waals surface area contributed by atoms with Crippen LogP contribution in [0.1, 0.15) is 50.3 Å². The molecule has 3 rings (SSSR count). The van der Waals surface area contributed by atoms with Gasteiger partial charge in [-0.2, -0.15) is 5.10 Å². The van der Waals surface area contributed by atoms with Gasteiger partial charge >= 0.3 is 0 Å². The molecule has 2 fully saturated rings. The number of hydrogen-bond donors (Lipinski definition) is 1. The van der Waals surface area contributed by atoms with E-state index >= 15 is 0 Å². The number of aliphatic hydroxyl groups excluding tert-OH is 1. The van der Waals surface area contributed by atoms with Gasteiger partial charge in [0, 0.05) is 25.1 Å². The smallest absolute Gasteiger partial charge is 0.0650 e. The van der Waals surface area contributed by atoms with Crippen molar-refractivity contribution in [2.45, 2.75) is 57.1 Å². The van der Waals surface area contributed by atoms with Gasteiger partial charge in [-0.3, -0.25) is 4.68 Å². The molecule has 1 N–H and O–H groups in total. The van der Waals surface area contributed by atoms with E-state index in [-0.39, 0.29) is 6.10 Å². The fourth-order valence-electron chi connectivity index (χ4n) is 3.27. The van der Waals surface area contributed by atoms with Crippen molar-refractivity contribution in [2.75, 3.05) is 13.2 Å². The third kappa shape index (κ3) is 3.18. The first kappa shape index (κ1) is 13.1. The van der Waals surface area contributed by atoms with Crippen LogP contribution in [0.4, 0.5) is 0 Å². The summed E-state index contributed by atoms with van der Waals surface area (Å²) in [5.41, 5.74) is 1.02. The molecule has 19 heavy (non-hydrogen) atoms. The summed E-state index contributed by atoms with van der Waals surface area (Å²) in [6.45, 7) is 1.49. The number of ether oxygens (including phenoxy) is 1. The minimum Gasteiger partial charge on any atom is -0.392 e. The predicted molar refractivity (Wildman–Crippen MR) is 73.0 cm³/mol. The van der Waals surface area contributed by atoms with Gasteiger partial charge in [-0.15, -0.1) is 0 Å². The minimum atomic E-state index is -0.308. The van der Waals surface area contributed by atoms with Crippen molar-refractivity contribution in [1.82, 2.24) is 9.78 Å². The molecular weight excluding hydrogens is 240 g/mol. The lowest BCUT2D eigenvalue weighted by molar-refractivity contribution is 0.0909. The Balaban J connectivity index is 1.57. The van der Waals surface area contributed by atoms with Gasteiger partial charge in [-0.1, -0.05) is 19.3 Å². The van der Waals surface area contributed by atoms with E-state index in [1.165, 1.54) is 32.1 Å². The monoisotopic (exact) mass is 264 g/mol. The lowest BCUT2D eigenvalue weighted by Crippen LogP contribution is -2.23. The molecule has 1 aromatic heterocycles. The van der Waals surface area contributed by atoms with Gasteiger partial charge in [0.15, 0.2) is 0 Å². The maximum Gasteiger partial charge on any atom is 0.0650 e. The summed E-state index contributed by atoms with van der Waals surface area (Å²) in [6, 6.07) is 2.64. The van der Waals surface area contributed by atoms with Gasteiger partial charge in [-0.05, 0) is 25.3 Å². The predicted octanol–water partition coefficient (Wildman–Crippen LogP) is 2.33. The van der Waals surface area contributed by atoms with Crippen molar-refractivity contribution in [3.8, 4) is 0 Å². The van der Waals surface area contributed by atoms with Crippen molar-refractivity contribution < 1.29 is 9.84 Å². The molecule has 2 heterocycles. The second kappa shape index (κ2) is 6.06. The maximum atomic E-state index is 10.2. The molecule has 0 spiro atoms. The molecule has 0 bridgehead atoms. The molecule has 0 amide bonds. The number of aromatic nitrogens is 2. The summed E-state index contributed by atoms with van der Waals surface area (Å²) in [5.74, 6) is 0.292. The van der Waals surface area contributed by atoms with Crippen LogP contribution in [0.25, 0.3) is 0 Å². The molecule has 1 saturated heterocycles. The maximum absolute atomic E-state index is 10.2. The minimum absolute atomic E-state index is 0.292. The summed E-state index contributed by atoms with van der Waals surface area (Å²) in [4.78, 5) is 0. The molecule has 1 aliphatic heterocycles. The Kier molecular flexibility index (Phi) is 4.18. The average Bonchev–Trinajstić information content (AvgIpc) is 3.11. The fourth-order valence-corrected chi connectivity index (χ4v) is 3.27. The molecular formula is C15H24N2O2. The van der Waals surface area contributed by atoms with Crippen LogP contribution < -0.4 is 0 Å². The largest absolute Gasteiger partial charge is 0.392 e. The molecule has 1 aromatic rings. The van der Waals surface area contributed by atoms with Crippen LogP contribution in [0.5, 0.6) is 0 Å². The third-order valence-electron chi connectivity index (χ3n) is 4.54. The highest BCUT2D eigenvalue weighted by atomic mass is 16.5. The Labute approximate surface area is 114 Å². The van der Waals surface area contributed by atoms with E-state index in [1.807, 2.05) is 0 Å². The summed E-state index contributed by atoms with van der Waals surface area (Å²) in [5, 5.41) is 14.9. The second-order valence-corrected chi connectivity index (χ2v) is 5.97. The molecule has 4 nitrogen and oxygen atoms in total. The molecule has 0 aromatic carbocycles. The van der Waals surface area contributed by atoms with Crippen LogP contribution in [0.3, 0.4) is 0 Å². The lowest BCUT2D eigenvalue weighted by atomic mass is 9.96. The normalized spacial score (nSPS) is 26.7. The van der Waals surface area contributed by atoms with Crippen molar-refractivity contribution >= 4 is 0 Å². The Morgan fingerprint density at radius 3 is 2.89 bits per heavy atom. The third-order valence-corrected chi connectivity index (χ3v) is 4.54. The van der Waals surface area contributed by atoms with E-state index < -0.39 is 0 Å². The second-order valence-electron chi connectivity index (χ2n) is 5.97. The molecule has 4 heteroatoms. The Bertz CT molecular complexity index is 393. The van der Waals surface area contributed by atoms with Gasteiger partial charge in [0.2, 0.25) is 0 Å². The highest BCUT2D eigenvalue weighted by Crippen LogP contribution is 2.27. The summed E-state index contributed by atoms with van der Waals surface area (Å²) >= 11 is 0. The number of hydrogen-bond acceptors (Lipinski definition) is 3. The summed E-state index contributed by atoms with van der Waals surface area (Å²) < 4.78 is 7.45. The molecule has 0 radical (unpaired) electrons. The molecule has 2 aliphatic rings. The lowest BCUT2D eigenvalue weighted by Gasteiger charge is -2.22. The van der Waals surface area contributed by atoms with Crippen molar-refractivity contribution in [3.63, 3.8) is 0 Å². The summed E-state index contributed by atoms with van der Waals surface area (Å²) in [6.07, 6.45) is 9.92. The number of nitrogens with zero attached hydrogens (tertiary/aromatic N) is 2. The first-order chi connectivity index (χ1) is 9.33. The molecule has 106 valence electrons. The topological polar surface area (TPSA) is 47.3 Å². The van der Waals surface area contributed by atoms with Gasteiger partial charge < -0.3 is 9.84 Å². The fraction of sp³-hybridized carbons (Fsp3) is 0.800. The first-order valence-electron chi connectivity index (χ1n) is 7.63. The number of aliphatic hydroxyl groups is 1. The Morgan fingerprint density at radius 1 is 1.32 bits per heavy atom. The van der Waals surface area contributed by atoms with E-state index in [9.17, 15) is 5.11 Å². The van der Waals surface area contributed by atoms with E-state index in [4.69, 9.17) is 4.74 Å². The van der Waals surface area contributed by atoms with Crippen LogP contribution in [0.2, 0.25) is 0 Å². The Hall–Kier alpha value is -0.870. The standard InChI is InChI=1S/C15H24N2O2/c18-15(12-7-9-19-11-12)10-13-6-8-17(16-13)14-4-2-1-3-5-14/h6,8,12,14-15,18H,1-5,7,9-11H2. The highest BCUT2D eigenvalue weighted by molar-refractivity contribution is 5.02. The van der Waals surface area contributed by atoms with E-state index in [2.05, 4.69) is 22.0 Å². The van der Waals surface area contributed by atoms with E-state index in [0.29, 0.717) is 25.0 Å².